The highest BCUT2D eigenvalue weighted by molar-refractivity contribution is 5.85. The number of aryl methyl sites for hydroxylation is 3. The summed E-state index contributed by atoms with van der Waals surface area (Å²) in [4.78, 5) is 3.48. The molecule has 0 amide bonds. The standard InChI is InChI=1S/C15H20N2/c1-10-3-4-13-12(5-6-15(16)7-8-15)11(2)17-14(13)9-10/h3-4,9,17H,5-8,16H2,1-2H3. The zero-order chi connectivity index (χ0) is 12.0. The summed E-state index contributed by atoms with van der Waals surface area (Å²) in [5.74, 6) is 0. The Balaban J connectivity index is 1.94. The van der Waals surface area contributed by atoms with Gasteiger partial charge in [0.25, 0.3) is 0 Å². The maximum atomic E-state index is 6.17. The van der Waals surface area contributed by atoms with Gasteiger partial charge in [0.1, 0.15) is 0 Å². The van der Waals surface area contributed by atoms with Crippen molar-refractivity contribution in [2.45, 2.75) is 45.1 Å². The lowest BCUT2D eigenvalue weighted by atomic mass is 10.0. The average molecular weight is 228 g/mol. The molecule has 1 heterocycles. The highest BCUT2D eigenvalue weighted by atomic mass is 14.8. The molecule has 0 aliphatic heterocycles. The third-order valence-electron chi connectivity index (χ3n) is 4.04. The smallest absolute Gasteiger partial charge is 0.0461 e. The normalized spacial score (nSPS) is 17.6. The van der Waals surface area contributed by atoms with E-state index in [0.29, 0.717) is 0 Å². The zero-order valence-electron chi connectivity index (χ0n) is 10.6. The lowest BCUT2D eigenvalue weighted by Gasteiger charge is -2.08. The van der Waals surface area contributed by atoms with Crippen molar-refractivity contribution in [1.29, 1.82) is 0 Å². The quantitative estimate of drug-likeness (QED) is 0.832. The van der Waals surface area contributed by atoms with Crippen LogP contribution in [-0.4, -0.2) is 10.5 Å². The number of aromatic amines is 1. The second-order valence-electron chi connectivity index (χ2n) is 5.64. The number of hydrogen-bond donors (Lipinski definition) is 2. The Morgan fingerprint density at radius 2 is 2.06 bits per heavy atom. The number of hydrogen-bond acceptors (Lipinski definition) is 1. The van der Waals surface area contributed by atoms with E-state index in [1.807, 2.05) is 0 Å². The summed E-state index contributed by atoms with van der Waals surface area (Å²) in [7, 11) is 0. The molecule has 17 heavy (non-hydrogen) atoms. The molecule has 1 aliphatic rings. The van der Waals surface area contributed by atoms with E-state index in [1.54, 1.807) is 0 Å². The monoisotopic (exact) mass is 228 g/mol. The third kappa shape index (κ3) is 1.98. The van der Waals surface area contributed by atoms with Crippen LogP contribution < -0.4 is 5.73 Å². The predicted molar refractivity (Wildman–Crippen MR) is 72.2 cm³/mol. The van der Waals surface area contributed by atoms with Gasteiger partial charge in [0.2, 0.25) is 0 Å². The van der Waals surface area contributed by atoms with Gasteiger partial charge in [-0.1, -0.05) is 12.1 Å². The van der Waals surface area contributed by atoms with Crippen molar-refractivity contribution in [3.63, 3.8) is 0 Å². The fraction of sp³-hybridized carbons (Fsp3) is 0.467. The molecule has 0 spiro atoms. The highest BCUT2D eigenvalue weighted by Crippen LogP contribution is 2.37. The minimum Gasteiger partial charge on any atom is -0.358 e. The van der Waals surface area contributed by atoms with E-state index in [1.165, 1.54) is 40.6 Å². The minimum absolute atomic E-state index is 0.154. The summed E-state index contributed by atoms with van der Waals surface area (Å²) >= 11 is 0. The van der Waals surface area contributed by atoms with Crippen LogP contribution in [0.1, 0.15) is 36.1 Å². The van der Waals surface area contributed by atoms with Gasteiger partial charge in [0, 0.05) is 22.1 Å². The molecule has 3 rings (SSSR count). The molecule has 2 nitrogen and oxygen atoms in total. The van der Waals surface area contributed by atoms with Crippen LogP contribution in [0.4, 0.5) is 0 Å². The molecule has 1 aromatic carbocycles. The van der Waals surface area contributed by atoms with Gasteiger partial charge in [-0.2, -0.15) is 0 Å². The lowest BCUT2D eigenvalue weighted by Crippen LogP contribution is -2.22. The second-order valence-corrected chi connectivity index (χ2v) is 5.64. The van der Waals surface area contributed by atoms with E-state index in [2.05, 4.69) is 37.0 Å². The van der Waals surface area contributed by atoms with Gasteiger partial charge in [-0.25, -0.2) is 0 Å². The van der Waals surface area contributed by atoms with Crippen LogP contribution in [0, 0.1) is 13.8 Å². The van der Waals surface area contributed by atoms with E-state index in [4.69, 9.17) is 5.73 Å². The van der Waals surface area contributed by atoms with Crippen LogP contribution in [0.5, 0.6) is 0 Å². The van der Waals surface area contributed by atoms with Gasteiger partial charge in [-0.15, -0.1) is 0 Å². The molecule has 0 saturated heterocycles. The molecule has 1 aliphatic carbocycles. The van der Waals surface area contributed by atoms with Gasteiger partial charge in [0.05, 0.1) is 0 Å². The summed E-state index contributed by atoms with van der Waals surface area (Å²) in [6.07, 6.45) is 4.63. The fourth-order valence-corrected chi connectivity index (χ4v) is 2.61. The minimum atomic E-state index is 0.154. The van der Waals surface area contributed by atoms with E-state index >= 15 is 0 Å². The topological polar surface area (TPSA) is 41.8 Å². The molecule has 1 aromatic heterocycles. The Bertz CT molecular complexity index is 562. The van der Waals surface area contributed by atoms with Gasteiger partial charge in [-0.05, 0) is 56.7 Å². The van der Waals surface area contributed by atoms with E-state index in [9.17, 15) is 0 Å². The Kier molecular flexibility index (Phi) is 2.30. The van der Waals surface area contributed by atoms with Crippen molar-refractivity contribution in [3.8, 4) is 0 Å². The predicted octanol–water partition coefficient (Wildman–Crippen LogP) is 3.21. The first kappa shape index (κ1) is 10.8. The number of nitrogens with two attached hydrogens (primary N) is 1. The fourth-order valence-electron chi connectivity index (χ4n) is 2.61. The van der Waals surface area contributed by atoms with Gasteiger partial charge < -0.3 is 10.7 Å². The molecular formula is C15H20N2. The number of aromatic nitrogens is 1. The molecule has 0 atom stereocenters. The van der Waals surface area contributed by atoms with Crippen molar-refractivity contribution in [2.24, 2.45) is 5.73 Å². The number of benzene rings is 1. The number of nitrogens with one attached hydrogen (secondary N) is 1. The number of H-pyrrole nitrogens is 1. The number of rotatable bonds is 3. The summed E-state index contributed by atoms with van der Waals surface area (Å²) in [5.41, 5.74) is 11.7. The van der Waals surface area contributed by atoms with Crippen LogP contribution in [0.25, 0.3) is 10.9 Å². The van der Waals surface area contributed by atoms with Crippen LogP contribution >= 0.6 is 0 Å². The maximum absolute atomic E-state index is 6.17. The van der Waals surface area contributed by atoms with E-state index in [-0.39, 0.29) is 5.54 Å². The van der Waals surface area contributed by atoms with E-state index in [0.717, 1.165) is 12.8 Å². The number of fused-ring (bicyclic) bond motifs is 1. The van der Waals surface area contributed by atoms with Crippen molar-refractivity contribution in [3.05, 3.63) is 35.0 Å². The first-order valence-electron chi connectivity index (χ1n) is 6.44. The van der Waals surface area contributed by atoms with Crippen molar-refractivity contribution in [2.75, 3.05) is 0 Å². The second kappa shape index (κ2) is 3.61. The van der Waals surface area contributed by atoms with Crippen molar-refractivity contribution < 1.29 is 0 Å². The van der Waals surface area contributed by atoms with Crippen LogP contribution in [0.2, 0.25) is 0 Å². The molecule has 0 unspecified atom stereocenters. The Morgan fingerprint density at radius 1 is 1.29 bits per heavy atom. The van der Waals surface area contributed by atoms with Gasteiger partial charge in [0.15, 0.2) is 0 Å². The Hall–Kier alpha value is -1.28. The van der Waals surface area contributed by atoms with Crippen LogP contribution in [0.3, 0.4) is 0 Å². The van der Waals surface area contributed by atoms with Gasteiger partial charge in [-0.3, -0.25) is 0 Å². The molecule has 2 aromatic rings. The summed E-state index contributed by atoms with van der Waals surface area (Å²) < 4.78 is 0. The van der Waals surface area contributed by atoms with Crippen molar-refractivity contribution >= 4 is 10.9 Å². The first-order chi connectivity index (χ1) is 8.07. The van der Waals surface area contributed by atoms with Crippen molar-refractivity contribution in [1.82, 2.24) is 4.98 Å². The zero-order valence-corrected chi connectivity index (χ0v) is 10.6. The largest absolute Gasteiger partial charge is 0.358 e. The first-order valence-corrected chi connectivity index (χ1v) is 6.44. The van der Waals surface area contributed by atoms with Gasteiger partial charge >= 0.3 is 0 Å². The van der Waals surface area contributed by atoms with Crippen LogP contribution in [-0.2, 0) is 6.42 Å². The summed E-state index contributed by atoms with van der Waals surface area (Å²) in [6, 6.07) is 6.65. The van der Waals surface area contributed by atoms with Crippen LogP contribution in [0.15, 0.2) is 18.2 Å². The third-order valence-corrected chi connectivity index (χ3v) is 4.04. The molecule has 3 N–H and O–H groups in total. The lowest BCUT2D eigenvalue weighted by molar-refractivity contribution is 0.609. The molecular weight excluding hydrogens is 208 g/mol. The average Bonchev–Trinajstić information content (AvgIpc) is 2.91. The van der Waals surface area contributed by atoms with E-state index < -0.39 is 0 Å². The SMILES string of the molecule is Cc1ccc2c(CCC3(N)CC3)c(C)[nH]c2c1. The molecule has 1 fully saturated rings. The maximum Gasteiger partial charge on any atom is 0.0461 e. The molecule has 90 valence electrons. The molecule has 0 bridgehead atoms. The molecule has 0 radical (unpaired) electrons. The Labute approximate surface area is 102 Å². The highest BCUT2D eigenvalue weighted by Gasteiger charge is 2.37. The molecule has 1 saturated carbocycles. The Morgan fingerprint density at radius 3 is 2.76 bits per heavy atom. The summed E-state index contributed by atoms with van der Waals surface area (Å²) in [6.45, 7) is 4.30. The molecule has 2 heteroatoms. The summed E-state index contributed by atoms with van der Waals surface area (Å²) in [5, 5.41) is 1.37.